The SMILES string of the molecule is CCCCCCCCC1(C)Cc2ccc(C(=O)OC3CCC(CCC)CC3)cc2C1=O. The fraction of sp³-hybridized carbons (Fsp3) is 0.714. The number of rotatable bonds is 11. The van der Waals surface area contributed by atoms with Crippen molar-refractivity contribution < 1.29 is 14.3 Å². The molecule has 0 spiro atoms. The molecule has 2 aliphatic carbocycles. The van der Waals surface area contributed by atoms with Crippen LogP contribution in [0.4, 0.5) is 0 Å². The molecule has 1 aromatic carbocycles. The molecule has 0 aromatic heterocycles. The van der Waals surface area contributed by atoms with Crippen LogP contribution in [0.25, 0.3) is 0 Å². The van der Waals surface area contributed by atoms with Crippen molar-refractivity contribution in [3.05, 3.63) is 34.9 Å². The lowest BCUT2D eigenvalue weighted by molar-refractivity contribution is 0.0161. The minimum Gasteiger partial charge on any atom is -0.459 e. The summed E-state index contributed by atoms with van der Waals surface area (Å²) in [6.07, 6.45) is 16.0. The summed E-state index contributed by atoms with van der Waals surface area (Å²) in [6, 6.07) is 5.64. The largest absolute Gasteiger partial charge is 0.459 e. The zero-order valence-corrected chi connectivity index (χ0v) is 20.0. The average molecular weight is 427 g/mol. The molecule has 0 N–H and O–H groups in total. The van der Waals surface area contributed by atoms with Gasteiger partial charge in [0, 0.05) is 11.0 Å². The lowest BCUT2D eigenvalue weighted by Gasteiger charge is -2.28. The maximum atomic E-state index is 13.2. The predicted octanol–water partition coefficient (Wildman–Crippen LogP) is 7.70. The first-order valence-electron chi connectivity index (χ1n) is 12.9. The Hall–Kier alpha value is -1.64. The summed E-state index contributed by atoms with van der Waals surface area (Å²) in [5.41, 5.74) is 2.06. The third-order valence-electron chi connectivity index (χ3n) is 7.57. The normalized spacial score (nSPS) is 25.5. The molecule has 1 unspecified atom stereocenters. The summed E-state index contributed by atoms with van der Waals surface area (Å²) in [5.74, 6) is 0.742. The Balaban J connectivity index is 1.53. The quantitative estimate of drug-likeness (QED) is 0.269. The Morgan fingerprint density at radius 1 is 1.00 bits per heavy atom. The zero-order valence-electron chi connectivity index (χ0n) is 20.0. The molecular weight excluding hydrogens is 384 g/mol. The van der Waals surface area contributed by atoms with Gasteiger partial charge in [0.25, 0.3) is 0 Å². The third-order valence-corrected chi connectivity index (χ3v) is 7.57. The van der Waals surface area contributed by atoms with Gasteiger partial charge in [0.05, 0.1) is 5.56 Å². The van der Waals surface area contributed by atoms with E-state index >= 15 is 0 Å². The molecule has 0 amide bonds. The highest BCUT2D eigenvalue weighted by Crippen LogP contribution is 2.41. The van der Waals surface area contributed by atoms with Crippen LogP contribution in [-0.4, -0.2) is 17.9 Å². The number of hydrogen-bond donors (Lipinski definition) is 0. The number of unbranched alkanes of at least 4 members (excludes halogenated alkanes) is 5. The summed E-state index contributed by atoms with van der Waals surface area (Å²) >= 11 is 0. The Kier molecular flexibility index (Phi) is 8.75. The fourth-order valence-corrected chi connectivity index (χ4v) is 5.56. The summed E-state index contributed by atoms with van der Waals surface area (Å²) in [7, 11) is 0. The van der Waals surface area contributed by atoms with Crippen LogP contribution < -0.4 is 0 Å². The Morgan fingerprint density at radius 3 is 2.42 bits per heavy atom. The summed E-state index contributed by atoms with van der Waals surface area (Å²) in [5, 5.41) is 0. The molecule has 31 heavy (non-hydrogen) atoms. The molecule has 0 heterocycles. The molecule has 1 atom stereocenters. The van der Waals surface area contributed by atoms with Gasteiger partial charge in [-0.05, 0) is 62.1 Å². The van der Waals surface area contributed by atoms with Crippen LogP contribution in [0.2, 0.25) is 0 Å². The second-order valence-corrected chi connectivity index (χ2v) is 10.3. The van der Waals surface area contributed by atoms with Crippen molar-refractivity contribution in [1.29, 1.82) is 0 Å². The summed E-state index contributed by atoms with van der Waals surface area (Å²) in [6.45, 7) is 6.57. The molecule has 3 rings (SSSR count). The van der Waals surface area contributed by atoms with E-state index in [9.17, 15) is 9.59 Å². The van der Waals surface area contributed by atoms with Gasteiger partial charge in [0.2, 0.25) is 0 Å². The number of carbonyl (C=O) groups excluding carboxylic acids is 2. The van der Waals surface area contributed by atoms with E-state index < -0.39 is 0 Å². The standard InChI is InChI=1S/C28H42O3/c1-4-6-7-8-9-10-18-28(3)20-23-15-14-22(19-25(23)26(28)29)27(30)31-24-16-12-21(11-5-2)13-17-24/h14-15,19,21,24H,4-13,16-18,20H2,1-3H3. The number of esters is 1. The fourth-order valence-electron chi connectivity index (χ4n) is 5.56. The van der Waals surface area contributed by atoms with Gasteiger partial charge in [-0.3, -0.25) is 4.79 Å². The Bertz CT molecular complexity index is 745. The maximum absolute atomic E-state index is 13.2. The molecule has 1 saturated carbocycles. The maximum Gasteiger partial charge on any atom is 0.338 e. The minimum atomic E-state index is -0.312. The first-order valence-corrected chi connectivity index (χ1v) is 12.9. The van der Waals surface area contributed by atoms with E-state index in [1.807, 2.05) is 12.1 Å². The molecule has 0 bridgehead atoms. The number of Topliss-reactive ketones (excluding diaryl/α,β-unsaturated/α-hetero) is 1. The van der Waals surface area contributed by atoms with Gasteiger partial charge in [-0.2, -0.15) is 0 Å². The molecule has 1 aromatic rings. The zero-order chi connectivity index (χ0) is 22.3. The first kappa shape index (κ1) is 24.0. The van der Waals surface area contributed by atoms with Crippen molar-refractivity contribution in [3.8, 4) is 0 Å². The Labute approximate surface area is 189 Å². The summed E-state index contributed by atoms with van der Waals surface area (Å²) < 4.78 is 5.81. The van der Waals surface area contributed by atoms with Gasteiger partial charge in [0.15, 0.2) is 5.78 Å². The Morgan fingerprint density at radius 2 is 1.71 bits per heavy atom. The van der Waals surface area contributed by atoms with Crippen molar-refractivity contribution in [2.45, 2.75) is 117 Å². The number of carbonyl (C=O) groups is 2. The van der Waals surface area contributed by atoms with Crippen LogP contribution in [-0.2, 0) is 11.2 Å². The number of ketones is 1. The van der Waals surface area contributed by atoms with Gasteiger partial charge >= 0.3 is 5.97 Å². The second-order valence-electron chi connectivity index (χ2n) is 10.3. The minimum absolute atomic E-state index is 0.0301. The van der Waals surface area contributed by atoms with Crippen LogP contribution in [0.15, 0.2) is 18.2 Å². The molecule has 3 heteroatoms. The number of fused-ring (bicyclic) bond motifs is 1. The van der Waals surface area contributed by atoms with Gasteiger partial charge in [-0.15, -0.1) is 0 Å². The molecule has 172 valence electrons. The molecule has 1 fully saturated rings. The third kappa shape index (κ3) is 6.20. The monoisotopic (exact) mass is 426 g/mol. The van der Waals surface area contributed by atoms with Crippen LogP contribution in [0.1, 0.15) is 131 Å². The number of hydrogen-bond acceptors (Lipinski definition) is 3. The van der Waals surface area contributed by atoms with Crippen LogP contribution in [0.5, 0.6) is 0 Å². The van der Waals surface area contributed by atoms with Crippen molar-refractivity contribution in [2.75, 3.05) is 0 Å². The highest BCUT2D eigenvalue weighted by molar-refractivity contribution is 6.06. The smallest absolute Gasteiger partial charge is 0.338 e. The highest BCUT2D eigenvalue weighted by atomic mass is 16.5. The lowest BCUT2D eigenvalue weighted by Crippen LogP contribution is -2.25. The summed E-state index contributed by atoms with van der Waals surface area (Å²) in [4.78, 5) is 25.9. The van der Waals surface area contributed by atoms with Gasteiger partial charge < -0.3 is 4.74 Å². The topological polar surface area (TPSA) is 43.4 Å². The molecular formula is C28H42O3. The number of benzene rings is 1. The average Bonchev–Trinajstić information content (AvgIpc) is 3.02. The van der Waals surface area contributed by atoms with Crippen LogP contribution in [0, 0.1) is 11.3 Å². The highest BCUT2D eigenvalue weighted by Gasteiger charge is 2.41. The second kappa shape index (κ2) is 11.3. The van der Waals surface area contributed by atoms with Crippen LogP contribution >= 0.6 is 0 Å². The van der Waals surface area contributed by atoms with Crippen molar-refractivity contribution in [2.24, 2.45) is 11.3 Å². The lowest BCUT2D eigenvalue weighted by atomic mass is 9.81. The van der Waals surface area contributed by atoms with E-state index in [4.69, 9.17) is 4.74 Å². The molecule has 0 saturated heterocycles. The molecule has 0 radical (unpaired) electrons. The van der Waals surface area contributed by atoms with Crippen molar-refractivity contribution in [3.63, 3.8) is 0 Å². The van der Waals surface area contributed by atoms with E-state index in [0.29, 0.717) is 5.56 Å². The van der Waals surface area contributed by atoms with Gasteiger partial charge in [-0.1, -0.05) is 78.2 Å². The van der Waals surface area contributed by atoms with Gasteiger partial charge in [-0.25, -0.2) is 4.79 Å². The van der Waals surface area contributed by atoms with E-state index in [0.717, 1.165) is 62.0 Å². The van der Waals surface area contributed by atoms with E-state index in [1.165, 1.54) is 44.9 Å². The number of ether oxygens (including phenoxy) is 1. The van der Waals surface area contributed by atoms with Gasteiger partial charge in [0.1, 0.15) is 6.10 Å². The molecule has 0 aliphatic heterocycles. The van der Waals surface area contributed by atoms with E-state index in [1.54, 1.807) is 6.07 Å². The molecule has 2 aliphatic rings. The first-order chi connectivity index (χ1) is 15.0. The molecule has 3 nitrogen and oxygen atoms in total. The predicted molar refractivity (Wildman–Crippen MR) is 127 cm³/mol. The van der Waals surface area contributed by atoms with E-state index in [-0.39, 0.29) is 23.3 Å². The van der Waals surface area contributed by atoms with Crippen molar-refractivity contribution >= 4 is 11.8 Å². The van der Waals surface area contributed by atoms with Crippen molar-refractivity contribution in [1.82, 2.24) is 0 Å². The van der Waals surface area contributed by atoms with Crippen LogP contribution in [0.3, 0.4) is 0 Å². The van der Waals surface area contributed by atoms with E-state index in [2.05, 4.69) is 20.8 Å².